The van der Waals surface area contributed by atoms with Gasteiger partial charge in [-0.25, -0.2) is 0 Å². The van der Waals surface area contributed by atoms with Crippen LogP contribution in [0.1, 0.15) is 34.6 Å². The fraction of sp³-hybridized carbons (Fsp3) is 0.211. The van der Waals surface area contributed by atoms with E-state index < -0.39 is 0 Å². The van der Waals surface area contributed by atoms with Crippen LogP contribution in [-0.4, -0.2) is 12.7 Å². The molecule has 5 heteroatoms. The zero-order chi connectivity index (χ0) is 16.7. The van der Waals surface area contributed by atoms with E-state index in [-0.39, 0.29) is 18.7 Å². The molecule has 1 aliphatic rings. The Morgan fingerprint density at radius 1 is 1.12 bits per heavy atom. The second kappa shape index (κ2) is 5.60. The van der Waals surface area contributed by atoms with Crippen LogP contribution in [0.15, 0.2) is 46.9 Å². The highest BCUT2D eigenvalue weighted by Gasteiger charge is 2.21. The molecule has 5 nitrogen and oxygen atoms in total. The summed E-state index contributed by atoms with van der Waals surface area (Å²) in [6.45, 7) is 4.05. The summed E-state index contributed by atoms with van der Waals surface area (Å²) in [5.74, 6) is 1.55. The number of fused-ring (bicyclic) bond motifs is 2. The molecule has 1 N–H and O–H groups in total. The molecule has 0 saturated heterocycles. The fourth-order valence-electron chi connectivity index (χ4n) is 2.92. The van der Waals surface area contributed by atoms with E-state index in [4.69, 9.17) is 13.9 Å². The van der Waals surface area contributed by atoms with Crippen molar-refractivity contribution in [2.45, 2.75) is 19.9 Å². The predicted molar refractivity (Wildman–Crippen MR) is 89.4 cm³/mol. The van der Waals surface area contributed by atoms with Crippen molar-refractivity contribution in [3.05, 3.63) is 59.4 Å². The average Bonchev–Trinajstić information content (AvgIpc) is 3.19. The third kappa shape index (κ3) is 2.38. The van der Waals surface area contributed by atoms with Gasteiger partial charge in [-0.15, -0.1) is 0 Å². The van der Waals surface area contributed by atoms with Crippen molar-refractivity contribution in [2.75, 3.05) is 6.79 Å². The average molecular weight is 323 g/mol. The number of aryl methyl sites for hydroxylation is 1. The molecule has 24 heavy (non-hydrogen) atoms. The number of carbonyl (C=O) groups is 1. The molecule has 1 aliphatic heterocycles. The SMILES string of the molecule is Cc1c(C(=O)N[C@@H](C)c2ccc3c(c2)OCO3)oc2ccccc12. The molecule has 0 bridgehead atoms. The predicted octanol–water partition coefficient (Wildman–Crippen LogP) is 3.96. The summed E-state index contributed by atoms with van der Waals surface area (Å²) in [5.41, 5.74) is 2.51. The minimum atomic E-state index is -0.228. The summed E-state index contributed by atoms with van der Waals surface area (Å²) >= 11 is 0. The van der Waals surface area contributed by atoms with Crippen molar-refractivity contribution in [3.8, 4) is 11.5 Å². The molecule has 2 aromatic carbocycles. The highest BCUT2D eigenvalue weighted by molar-refractivity contribution is 5.99. The van der Waals surface area contributed by atoms with E-state index in [1.165, 1.54) is 0 Å². The molecule has 1 aromatic heterocycles. The third-order valence-electron chi connectivity index (χ3n) is 4.29. The summed E-state index contributed by atoms with van der Waals surface area (Å²) in [6, 6.07) is 13.1. The first-order chi connectivity index (χ1) is 11.6. The quantitative estimate of drug-likeness (QED) is 0.792. The minimum absolute atomic E-state index is 0.181. The number of rotatable bonds is 3. The molecule has 0 aliphatic carbocycles. The number of carbonyl (C=O) groups excluding carboxylic acids is 1. The Bertz CT molecular complexity index is 928. The second-order valence-corrected chi connectivity index (χ2v) is 5.86. The number of furan rings is 1. The van der Waals surface area contributed by atoms with E-state index in [9.17, 15) is 4.79 Å². The van der Waals surface area contributed by atoms with E-state index in [0.717, 1.165) is 27.8 Å². The van der Waals surface area contributed by atoms with E-state index in [1.54, 1.807) is 0 Å². The Morgan fingerprint density at radius 2 is 1.92 bits per heavy atom. The molecule has 1 atom stereocenters. The van der Waals surface area contributed by atoms with Gasteiger partial charge < -0.3 is 19.2 Å². The molecular formula is C19H17NO4. The van der Waals surface area contributed by atoms with E-state index in [0.29, 0.717) is 11.5 Å². The van der Waals surface area contributed by atoms with Gasteiger partial charge in [-0.2, -0.15) is 0 Å². The zero-order valence-electron chi connectivity index (χ0n) is 13.5. The van der Waals surface area contributed by atoms with Crippen LogP contribution in [0.3, 0.4) is 0 Å². The Balaban J connectivity index is 1.57. The van der Waals surface area contributed by atoms with Crippen LogP contribution in [0.2, 0.25) is 0 Å². The largest absolute Gasteiger partial charge is 0.454 e. The molecule has 1 amide bonds. The number of ether oxygens (including phenoxy) is 2. The maximum atomic E-state index is 12.6. The molecule has 122 valence electrons. The van der Waals surface area contributed by atoms with E-state index >= 15 is 0 Å². The van der Waals surface area contributed by atoms with Crippen molar-refractivity contribution in [2.24, 2.45) is 0 Å². The Kier molecular flexibility index (Phi) is 3.41. The van der Waals surface area contributed by atoms with Gasteiger partial charge in [0.2, 0.25) is 6.79 Å². The molecule has 0 unspecified atom stereocenters. The van der Waals surface area contributed by atoms with Gasteiger partial charge in [-0.3, -0.25) is 4.79 Å². The molecule has 0 radical (unpaired) electrons. The molecule has 0 saturated carbocycles. The molecular weight excluding hydrogens is 306 g/mol. The van der Waals surface area contributed by atoms with E-state index in [1.807, 2.05) is 56.3 Å². The van der Waals surface area contributed by atoms with Crippen molar-refractivity contribution in [1.82, 2.24) is 5.32 Å². The Morgan fingerprint density at radius 3 is 2.75 bits per heavy atom. The smallest absolute Gasteiger partial charge is 0.287 e. The number of para-hydroxylation sites is 1. The maximum absolute atomic E-state index is 12.6. The van der Waals surface area contributed by atoms with Crippen LogP contribution in [0.25, 0.3) is 11.0 Å². The van der Waals surface area contributed by atoms with Crippen molar-refractivity contribution in [1.29, 1.82) is 0 Å². The Labute approximate surface area is 139 Å². The van der Waals surface area contributed by atoms with Gasteiger partial charge in [0.1, 0.15) is 5.58 Å². The van der Waals surface area contributed by atoms with Gasteiger partial charge in [0.15, 0.2) is 17.3 Å². The van der Waals surface area contributed by atoms with Gasteiger partial charge in [-0.05, 0) is 37.6 Å². The summed E-state index contributed by atoms with van der Waals surface area (Å²) < 4.78 is 16.4. The van der Waals surface area contributed by atoms with Crippen LogP contribution < -0.4 is 14.8 Å². The monoisotopic (exact) mass is 323 g/mol. The first-order valence-corrected chi connectivity index (χ1v) is 7.82. The van der Waals surface area contributed by atoms with Gasteiger partial charge in [0.05, 0.1) is 6.04 Å². The molecule has 2 heterocycles. The van der Waals surface area contributed by atoms with E-state index in [2.05, 4.69) is 5.32 Å². The highest BCUT2D eigenvalue weighted by atomic mass is 16.7. The number of benzene rings is 2. The number of nitrogens with one attached hydrogen (secondary N) is 1. The lowest BCUT2D eigenvalue weighted by Gasteiger charge is -2.14. The topological polar surface area (TPSA) is 60.7 Å². The first kappa shape index (κ1) is 14.6. The number of hydrogen-bond acceptors (Lipinski definition) is 4. The van der Waals surface area contributed by atoms with Crippen LogP contribution in [0, 0.1) is 6.92 Å². The maximum Gasteiger partial charge on any atom is 0.287 e. The van der Waals surface area contributed by atoms with Crippen LogP contribution in [0.4, 0.5) is 0 Å². The lowest BCUT2D eigenvalue weighted by Crippen LogP contribution is -2.26. The van der Waals surface area contributed by atoms with Gasteiger partial charge in [-0.1, -0.05) is 24.3 Å². The molecule has 0 spiro atoms. The van der Waals surface area contributed by atoms with Crippen molar-refractivity contribution < 1.29 is 18.7 Å². The second-order valence-electron chi connectivity index (χ2n) is 5.86. The van der Waals surface area contributed by atoms with Crippen LogP contribution in [-0.2, 0) is 0 Å². The lowest BCUT2D eigenvalue weighted by molar-refractivity contribution is 0.0913. The van der Waals surface area contributed by atoms with Gasteiger partial charge in [0.25, 0.3) is 5.91 Å². The molecule has 3 aromatic rings. The first-order valence-electron chi connectivity index (χ1n) is 7.82. The highest BCUT2D eigenvalue weighted by Crippen LogP contribution is 2.34. The summed E-state index contributed by atoms with van der Waals surface area (Å²) in [7, 11) is 0. The van der Waals surface area contributed by atoms with Crippen molar-refractivity contribution >= 4 is 16.9 Å². The summed E-state index contributed by atoms with van der Waals surface area (Å²) in [4.78, 5) is 12.6. The molecule has 0 fully saturated rings. The summed E-state index contributed by atoms with van der Waals surface area (Å²) in [5, 5.41) is 3.93. The van der Waals surface area contributed by atoms with Gasteiger partial charge >= 0.3 is 0 Å². The number of hydrogen-bond donors (Lipinski definition) is 1. The van der Waals surface area contributed by atoms with Gasteiger partial charge in [0, 0.05) is 10.9 Å². The fourth-order valence-corrected chi connectivity index (χ4v) is 2.92. The van der Waals surface area contributed by atoms with Crippen molar-refractivity contribution in [3.63, 3.8) is 0 Å². The normalized spacial score (nSPS) is 13.9. The zero-order valence-corrected chi connectivity index (χ0v) is 13.5. The number of amides is 1. The summed E-state index contributed by atoms with van der Waals surface area (Å²) in [6.07, 6.45) is 0. The van der Waals surface area contributed by atoms with Crippen LogP contribution in [0.5, 0.6) is 11.5 Å². The van der Waals surface area contributed by atoms with Crippen LogP contribution >= 0.6 is 0 Å². The Hall–Kier alpha value is -2.95. The minimum Gasteiger partial charge on any atom is -0.454 e. The third-order valence-corrected chi connectivity index (χ3v) is 4.29. The molecule has 4 rings (SSSR count). The standard InChI is InChI=1S/C19H17NO4/c1-11-14-5-3-4-6-15(14)24-18(11)19(21)20-12(2)13-7-8-16-17(9-13)23-10-22-16/h3-9,12H,10H2,1-2H3,(H,20,21)/t12-/m0/s1. The lowest BCUT2D eigenvalue weighted by atomic mass is 10.1.